The molecule has 0 saturated heterocycles. The van der Waals surface area contributed by atoms with Crippen molar-refractivity contribution in [1.82, 2.24) is 4.90 Å². The van der Waals surface area contributed by atoms with E-state index in [1.165, 1.54) is 0 Å². The molecule has 1 aromatic carbocycles. The van der Waals surface area contributed by atoms with Crippen molar-refractivity contribution in [1.29, 1.82) is 0 Å². The first-order chi connectivity index (χ1) is 9.02. The quantitative estimate of drug-likeness (QED) is 0.820. The number of hydrogen-bond donors (Lipinski definition) is 0. The van der Waals surface area contributed by atoms with Crippen LogP contribution in [0.3, 0.4) is 0 Å². The lowest BCUT2D eigenvalue weighted by atomic mass is 10.1. The molecule has 4 heteroatoms. The van der Waals surface area contributed by atoms with Crippen molar-refractivity contribution in [3.63, 3.8) is 0 Å². The van der Waals surface area contributed by atoms with Crippen LogP contribution >= 0.6 is 0 Å². The van der Waals surface area contributed by atoms with Crippen molar-refractivity contribution in [2.75, 3.05) is 6.54 Å². The van der Waals surface area contributed by atoms with Gasteiger partial charge in [0.2, 0.25) is 0 Å². The maximum absolute atomic E-state index is 12.0. The van der Waals surface area contributed by atoms with Crippen molar-refractivity contribution in [2.24, 2.45) is 0 Å². The molecule has 1 heterocycles. The molecule has 2 amide bonds. The smallest absolute Gasteiger partial charge is 0.410 e. The molecule has 0 atom stereocenters. The highest BCUT2D eigenvalue weighted by Crippen LogP contribution is 2.22. The third kappa shape index (κ3) is 2.67. The molecular formula is C15H17NO3. The number of carbonyl (C=O) groups is 2. The molecule has 1 aliphatic rings. The molecule has 4 nitrogen and oxygen atoms in total. The predicted octanol–water partition coefficient (Wildman–Crippen LogP) is 3.06. The van der Waals surface area contributed by atoms with Gasteiger partial charge in [0, 0.05) is 5.57 Å². The Labute approximate surface area is 112 Å². The SMILES string of the molecule is CCC1=C(C)CN(C(=O)Oc2ccc(C)cc2)C1=O. The zero-order valence-corrected chi connectivity index (χ0v) is 11.4. The zero-order valence-electron chi connectivity index (χ0n) is 11.4. The minimum atomic E-state index is -0.614. The average molecular weight is 259 g/mol. The lowest BCUT2D eigenvalue weighted by Gasteiger charge is -2.14. The van der Waals surface area contributed by atoms with E-state index in [1.54, 1.807) is 12.1 Å². The standard InChI is InChI=1S/C15H17NO3/c1-4-13-11(3)9-16(14(13)17)15(18)19-12-7-5-10(2)6-8-12/h5-8H,4,9H2,1-3H3. The minimum absolute atomic E-state index is 0.239. The van der Waals surface area contributed by atoms with E-state index in [0.717, 1.165) is 16.0 Å². The summed E-state index contributed by atoms with van der Waals surface area (Å²) in [5, 5.41) is 0. The van der Waals surface area contributed by atoms with Gasteiger partial charge in [0.05, 0.1) is 6.54 Å². The fourth-order valence-electron chi connectivity index (χ4n) is 2.11. The molecule has 0 unspecified atom stereocenters. The third-order valence-electron chi connectivity index (χ3n) is 3.21. The molecule has 1 aliphatic heterocycles. The van der Waals surface area contributed by atoms with Gasteiger partial charge in [-0.25, -0.2) is 9.69 Å². The predicted molar refractivity (Wildman–Crippen MR) is 71.9 cm³/mol. The maximum atomic E-state index is 12.0. The first kappa shape index (κ1) is 13.3. The highest BCUT2D eigenvalue weighted by molar-refractivity contribution is 6.05. The van der Waals surface area contributed by atoms with Crippen LogP contribution in [0, 0.1) is 6.92 Å². The number of ether oxygens (including phenoxy) is 1. The van der Waals surface area contributed by atoms with E-state index in [-0.39, 0.29) is 5.91 Å². The van der Waals surface area contributed by atoms with Crippen LogP contribution < -0.4 is 4.74 Å². The Morgan fingerprint density at radius 3 is 2.42 bits per heavy atom. The highest BCUT2D eigenvalue weighted by atomic mass is 16.6. The van der Waals surface area contributed by atoms with Crippen LogP contribution in [-0.4, -0.2) is 23.4 Å². The molecule has 2 rings (SSSR count). The van der Waals surface area contributed by atoms with Gasteiger partial charge in [-0.3, -0.25) is 4.79 Å². The van der Waals surface area contributed by atoms with Crippen molar-refractivity contribution in [3.05, 3.63) is 41.0 Å². The number of nitrogens with zero attached hydrogens (tertiary/aromatic N) is 1. The topological polar surface area (TPSA) is 46.6 Å². The molecule has 0 bridgehead atoms. The molecule has 0 fully saturated rings. The summed E-state index contributed by atoms with van der Waals surface area (Å²) < 4.78 is 5.20. The molecule has 0 spiro atoms. The van der Waals surface area contributed by atoms with Gasteiger partial charge in [-0.2, -0.15) is 0 Å². The lowest BCUT2D eigenvalue weighted by Crippen LogP contribution is -2.36. The van der Waals surface area contributed by atoms with Gasteiger partial charge in [-0.1, -0.05) is 24.6 Å². The van der Waals surface area contributed by atoms with E-state index in [0.29, 0.717) is 24.3 Å². The summed E-state index contributed by atoms with van der Waals surface area (Å²) in [6.07, 6.45) is 0.0237. The molecule has 100 valence electrons. The van der Waals surface area contributed by atoms with Crippen molar-refractivity contribution < 1.29 is 14.3 Å². The van der Waals surface area contributed by atoms with Crippen LogP contribution in [0.1, 0.15) is 25.8 Å². The molecule has 19 heavy (non-hydrogen) atoms. The van der Waals surface area contributed by atoms with Crippen molar-refractivity contribution in [3.8, 4) is 5.75 Å². The Bertz CT molecular complexity index is 543. The first-order valence-electron chi connectivity index (χ1n) is 6.32. The summed E-state index contributed by atoms with van der Waals surface area (Å²) in [6, 6.07) is 7.15. The highest BCUT2D eigenvalue weighted by Gasteiger charge is 2.32. The van der Waals surface area contributed by atoms with Gasteiger partial charge >= 0.3 is 6.09 Å². The summed E-state index contributed by atoms with van der Waals surface area (Å²) in [4.78, 5) is 25.1. The molecule has 0 saturated carbocycles. The Balaban J connectivity index is 2.07. The van der Waals surface area contributed by atoms with E-state index in [9.17, 15) is 9.59 Å². The second-order valence-electron chi connectivity index (χ2n) is 4.68. The molecule has 0 aromatic heterocycles. The number of carbonyl (C=O) groups excluding carboxylic acids is 2. The lowest BCUT2D eigenvalue weighted by molar-refractivity contribution is -0.123. The fourth-order valence-corrected chi connectivity index (χ4v) is 2.11. The van der Waals surface area contributed by atoms with Crippen molar-refractivity contribution in [2.45, 2.75) is 27.2 Å². The summed E-state index contributed by atoms with van der Waals surface area (Å²) in [6.45, 7) is 6.06. The second kappa shape index (κ2) is 5.26. The van der Waals surface area contributed by atoms with E-state index in [1.807, 2.05) is 32.9 Å². The van der Waals surface area contributed by atoms with Crippen LogP contribution in [0.15, 0.2) is 35.4 Å². The molecule has 0 N–H and O–H groups in total. The molecule has 1 aromatic rings. The largest absolute Gasteiger partial charge is 0.422 e. The number of rotatable bonds is 2. The van der Waals surface area contributed by atoms with Crippen LogP contribution in [0.2, 0.25) is 0 Å². The number of amides is 2. The molecule has 0 aliphatic carbocycles. The fraction of sp³-hybridized carbons (Fsp3) is 0.333. The number of aryl methyl sites for hydroxylation is 1. The summed E-state index contributed by atoms with van der Waals surface area (Å²) in [5.41, 5.74) is 2.73. The summed E-state index contributed by atoms with van der Waals surface area (Å²) >= 11 is 0. The van der Waals surface area contributed by atoms with E-state index in [2.05, 4.69) is 0 Å². The van der Waals surface area contributed by atoms with Gasteiger partial charge in [-0.05, 0) is 38.0 Å². The number of hydrogen-bond acceptors (Lipinski definition) is 3. The van der Waals surface area contributed by atoms with Gasteiger partial charge in [0.25, 0.3) is 5.91 Å². The van der Waals surface area contributed by atoms with Gasteiger partial charge in [0.1, 0.15) is 5.75 Å². The number of imide groups is 1. The Kier molecular flexibility index (Phi) is 3.69. The van der Waals surface area contributed by atoms with Crippen LogP contribution in [0.25, 0.3) is 0 Å². The van der Waals surface area contributed by atoms with Crippen LogP contribution in [0.4, 0.5) is 4.79 Å². The Morgan fingerprint density at radius 1 is 1.26 bits per heavy atom. The Hall–Kier alpha value is -2.10. The molecular weight excluding hydrogens is 242 g/mol. The van der Waals surface area contributed by atoms with E-state index in [4.69, 9.17) is 4.74 Å². The van der Waals surface area contributed by atoms with Crippen molar-refractivity contribution >= 4 is 12.0 Å². The van der Waals surface area contributed by atoms with Crippen LogP contribution in [0.5, 0.6) is 5.75 Å². The average Bonchev–Trinajstić information content (AvgIpc) is 2.67. The van der Waals surface area contributed by atoms with E-state index >= 15 is 0 Å². The first-order valence-corrected chi connectivity index (χ1v) is 6.32. The molecule has 0 radical (unpaired) electrons. The van der Waals surface area contributed by atoms with Gasteiger partial charge in [-0.15, -0.1) is 0 Å². The summed E-state index contributed by atoms with van der Waals surface area (Å²) in [5.74, 6) is 0.211. The maximum Gasteiger partial charge on any atom is 0.422 e. The zero-order chi connectivity index (χ0) is 14.0. The van der Waals surface area contributed by atoms with Gasteiger partial charge in [0.15, 0.2) is 0 Å². The number of benzene rings is 1. The third-order valence-corrected chi connectivity index (χ3v) is 3.21. The van der Waals surface area contributed by atoms with E-state index < -0.39 is 6.09 Å². The second-order valence-corrected chi connectivity index (χ2v) is 4.68. The van der Waals surface area contributed by atoms with Gasteiger partial charge < -0.3 is 4.74 Å². The minimum Gasteiger partial charge on any atom is -0.410 e. The van der Waals surface area contributed by atoms with Crippen LogP contribution in [-0.2, 0) is 4.79 Å². The normalized spacial score (nSPS) is 15.1. The summed E-state index contributed by atoms with van der Waals surface area (Å²) in [7, 11) is 0. The monoisotopic (exact) mass is 259 g/mol. The Morgan fingerprint density at radius 2 is 1.89 bits per heavy atom.